The smallest absolute Gasteiger partial charge is 0.182 e. The van der Waals surface area contributed by atoms with Gasteiger partial charge in [0.2, 0.25) is 0 Å². The number of allylic oxidation sites excluding steroid dienone is 1. The fraction of sp³-hybridized carbons (Fsp3) is 0.806. The van der Waals surface area contributed by atoms with E-state index < -0.39 is 0 Å². The third-order valence-corrected chi connectivity index (χ3v) is 6.12. The highest BCUT2D eigenvalue weighted by molar-refractivity contribution is 5.94. The van der Waals surface area contributed by atoms with Crippen LogP contribution >= 0.6 is 0 Å². The van der Waals surface area contributed by atoms with Gasteiger partial charge in [0, 0.05) is 12.5 Å². The number of nitrogens with zero attached hydrogens (tertiary/aromatic N) is 2. The van der Waals surface area contributed by atoms with Gasteiger partial charge in [0.25, 0.3) is 0 Å². The van der Waals surface area contributed by atoms with Gasteiger partial charge >= 0.3 is 0 Å². The molecular formula is C36H70N2O2. The van der Waals surface area contributed by atoms with Crippen molar-refractivity contribution in [2.45, 2.75) is 174 Å². The molecule has 236 valence electrons. The van der Waals surface area contributed by atoms with Crippen LogP contribution in [0.15, 0.2) is 11.8 Å². The molecule has 40 heavy (non-hydrogen) atoms. The Morgan fingerprint density at radius 3 is 1.75 bits per heavy atom. The number of hydrogen-bond donors (Lipinski definition) is 1. The van der Waals surface area contributed by atoms with Crippen molar-refractivity contribution in [1.29, 1.82) is 0 Å². The fourth-order valence-corrected chi connectivity index (χ4v) is 3.08. The topological polar surface area (TPSA) is 63.1 Å². The van der Waals surface area contributed by atoms with E-state index in [-0.39, 0.29) is 17.3 Å². The number of aliphatic hydroxyl groups excluding tert-OH is 1. The SMILES string of the molecule is CC(C)(C)C.CC(C)O.CCCC.CCCC[C@H](CC)CCCCC(=O)c1cnc(/C=C(\C)C(C)(C)C)c(C)n1. The number of carbonyl (C=O) groups is 1. The lowest BCUT2D eigenvalue weighted by molar-refractivity contribution is 0.0973. The number of Topliss-reactive ketones (excluding diaryl/α,β-unsaturated/α-hetero) is 1. The first kappa shape index (κ1) is 42.9. The van der Waals surface area contributed by atoms with Crippen LogP contribution in [0.4, 0.5) is 0 Å². The number of hydrogen-bond acceptors (Lipinski definition) is 4. The van der Waals surface area contributed by atoms with E-state index in [0.717, 1.165) is 30.1 Å². The molecule has 0 saturated heterocycles. The van der Waals surface area contributed by atoms with Crippen molar-refractivity contribution in [1.82, 2.24) is 9.97 Å². The summed E-state index contributed by atoms with van der Waals surface area (Å²) < 4.78 is 0. The van der Waals surface area contributed by atoms with Crippen LogP contribution < -0.4 is 0 Å². The van der Waals surface area contributed by atoms with Crippen LogP contribution in [0.5, 0.6) is 0 Å². The van der Waals surface area contributed by atoms with Gasteiger partial charge in [-0.05, 0) is 56.9 Å². The van der Waals surface area contributed by atoms with Crippen molar-refractivity contribution in [2.24, 2.45) is 16.7 Å². The maximum absolute atomic E-state index is 12.5. The number of ketones is 1. The summed E-state index contributed by atoms with van der Waals surface area (Å²) in [5.74, 6) is 0.939. The summed E-state index contributed by atoms with van der Waals surface area (Å²) in [6.07, 6.45) is 15.3. The summed E-state index contributed by atoms with van der Waals surface area (Å²) in [4.78, 5) is 21.5. The Hall–Kier alpha value is -1.55. The van der Waals surface area contributed by atoms with Crippen molar-refractivity contribution in [3.05, 3.63) is 28.9 Å². The number of carbonyl (C=O) groups excluding carboxylic acids is 1. The lowest BCUT2D eigenvalue weighted by Gasteiger charge is -2.19. The van der Waals surface area contributed by atoms with Crippen molar-refractivity contribution >= 4 is 11.9 Å². The molecule has 1 aromatic heterocycles. The summed E-state index contributed by atoms with van der Waals surface area (Å²) in [5, 5.41) is 8.06. The predicted octanol–water partition coefficient (Wildman–Crippen LogP) is 11.4. The highest BCUT2D eigenvalue weighted by atomic mass is 16.3. The molecule has 0 spiro atoms. The summed E-state index contributed by atoms with van der Waals surface area (Å²) in [6.45, 7) is 31.7. The molecule has 4 heteroatoms. The molecule has 0 fully saturated rings. The van der Waals surface area contributed by atoms with Gasteiger partial charge in [0.05, 0.1) is 17.6 Å². The van der Waals surface area contributed by atoms with E-state index >= 15 is 0 Å². The Morgan fingerprint density at radius 2 is 1.38 bits per heavy atom. The van der Waals surface area contributed by atoms with E-state index in [4.69, 9.17) is 5.11 Å². The molecule has 0 radical (unpaired) electrons. The normalized spacial score (nSPS) is 12.4. The van der Waals surface area contributed by atoms with Gasteiger partial charge < -0.3 is 5.11 Å². The Labute approximate surface area is 251 Å². The van der Waals surface area contributed by atoms with Crippen LogP contribution in [-0.2, 0) is 0 Å². The van der Waals surface area contributed by atoms with Crippen LogP contribution in [0.2, 0.25) is 0 Å². The molecule has 1 aromatic rings. The zero-order valence-electron chi connectivity index (χ0n) is 29.6. The highest BCUT2D eigenvalue weighted by Gasteiger charge is 2.15. The molecular weight excluding hydrogens is 492 g/mol. The standard InChI is InChI=1S/C24H40N2O.C5H12.C4H10.C3H8O/c1-8-10-13-20(9-2)14-11-12-15-23(27)22-17-25-21(19(4)26-22)16-18(3)24(5,6)7;1-5(2,3)4;1-3-4-2;1-3(2)4/h16-17,20H,8-15H2,1-7H3;1-4H3;3-4H2,1-2H3;3-4H,1-2H3/b18-16+;;;/t20-;;;/m0.../s1. The Morgan fingerprint density at radius 1 is 0.900 bits per heavy atom. The quantitative estimate of drug-likeness (QED) is 0.203. The molecule has 0 aliphatic heterocycles. The first-order valence-electron chi connectivity index (χ1n) is 16.1. The number of aryl methyl sites for hydroxylation is 1. The molecule has 0 amide bonds. The zero-order chi connectivity index (χ0) is 31.9. The highest BCUT2D eigenvalue weighted by Crippen LogP contribution is 2.26. The number of rotatable bonds is 12. The number of aromatic nitrogens is 2. The molecule has 0 aliphatic rings. The minimum atomic E-state index is -0.167. The fourth-order valence-electron chi connectivity index (χ4n) is 3.08. The third-order valence-electron chi connectivity index (χ3n) is 6.12. The average Bonchev–Trinajstić information content (AvgIpc) is 2.82. The summed E-state index contributed by atoms with van der Waals surface area (Å²) in [7, 11) is 0. The van der Waals surface area contributed by atoms with Gasteiger partial charge in [-0.1, -0.05) is 133 Å². The minimum Gasteiger partial charge on any atom is -0.394 e. The predicted molar refractivity (Wildman–Crippen MR) is 179 cm³/mol. The van der Waals surface area contributed by atoms with Gasteiger partial charge in [-0.3, -0.25) is 9.78 Å². The van der Waals surface area contributed by atoms with Crippen molar-refractivity contribution < 1.29 is 9.90 Å². The summed E-state index contributed by atoms with van der Waals surface area (Å²) in [5.41, 5.74) is 4.06. The Bertz CT molecular complexity index is 772. The van der Waals surface area contributed by atoms with E-state index in [0.29, 0.717) is 17.5 Å². The molecule has 4 nitrogen and oxygen atoms in total. The molecule has 1 atom stereocenters. The van der Waals surface area contributed by atoms with Gasteiger partial charge in [-0.25, -0.2) is 4.98 Å². The number of aliphatic hydroxyl groups is 1. The third kappa shape index (κ3) is 29.4. The first-order chi connectivity index (χ1) is 18.3. The van der Waals surface area contributed by atoms with Crippen molar-refractivity contribution in [3.63, 3.8) is 0 Å². The molecule has 0 saturated carbocycles. The van der Waals surface area contributed by atoms with Crippen LogP contribution in [0, 0.1) is 23.7 Å². The first-order valence-corrected chi connectivity index (χ1v) is 16.1. The van der Waals surface area contributed by atoms with E-state index in [1.165, 1.54) is 50.5 Å². The number of unbranched alkanes of at least 4 members (excludes halogenated alkanes) is 3. The maximum Gasteiger partial charge on any atom is 0.182 e. The second-order valence-corrected chi connectivity index (χ2v) is 14.0. The van der Waals surface area contributed by atoms with E-state index in [1.54, 1.807) is 20.0 Å². The molecule has 0 aromatic carbocycles. The molecule has 0 bridgehead atoms. The largest absolute Gasteiger partial charge is 0.394 e. The van der Waals surface area contributed by atoms with Crippen molar-refractivity contribution in [2.75, 3.05) is 0 Å². The second-order valence-electron chi connectivity index (χ2n) is 14.0. The van der Waals surface area contributed by atoms with Gasteiger partial charge in [-0.15, -0.1) is 0 Å². The van der Waals surface area contributed by atoms with E-state index in [2.05, 4.69) is 99.1 Å². The van der Waals surface area contributed by atoms with Gasteiger partial charge in [0.15, 0.2) is 5.78 Å². The van der Waals surface area contributed by atoms with Crippen LogP contribution in [-0.4, -0.2) is 27.0 Å². The maximum atomic E-state index is 12.5. The van der Waals surface area contributed by atoms with Crippen LogP contribution in [0.3, 0.4) is 0 Å². The van der Waals surface area contributed by atoms with Gasteiger partial charge in [0.1, 0.15) is 5.69 Å². The summed E-state index contributed by atoms with van der Waals surface area (Å²) in [6, 6.07) is 0. The molecule has 0 unspecified atom stereocenters. The van der Waals surface area contributed by atoms with Crippen LogP contribution in [0.1, 0.15) is 183 Å². The zero-order valence-corrected chi connectivity index (χ0v) is 29.6. The summed E-state index contributed by atoms with van der Waals surface area (Å²) >= 11 is 0. The Kier molecular flexibility index (Phi) is 25.8. The Balaban J connectivity index is -0.000000872. The van der Waals surface area contributed by atoms with Crippen LogP contribution in [0.25, 0.3) is 6.08 Å². The van der Waals surface area contributed by atoms with Gasteiger partial charge in [-0.2, -0.15) is 0 Å². The van der Waals surface area contributed by atoms with E-state index in [9.17, 15) is 4.79 Å². The second kappa shape index (κ2) is 24.1. The molecule has 1 N–H and O–H groups in total. The molecule has 1 heterocycles. The van der Waals surface area contributed by atoms with Crippen molar-refractivity contribution in [3.8, 4) is 0 Å². The minimum absolute atomic E-state index is 0.107. The monoisotopic (exact) mass is 563 g/mol. The lowest BCUT2D eigenvalue weighted by atomic mass is 9.87. The molecule has 0 aliphatic carbocycles. The van der Waals surface area contributed by atoms with E-state index in [1.807, 2.05) is 6.92 Å². The molecule has 1 rings (SSSR count). The average molecular weight is 563 g/mol. The lowest BCUT2D eigenvalue weighted by Crippen LogP contribution is -2.09.